The Kier molecular flexibility index (Phi) is 3.45. The largest absolute Gasteiger partial charge is 0.461 e. The van der Waals surface area contributed by atoms with E-state index in [9.17, 15) is 4.79 Å². The van der Waals surface area contributed by atoms with Gasteiger partial charge in [0.15, 0.2) is 0 Å². The van der Waals surface area contributed by atoms with Crippen LogP contribution in [-0.2, 0) is 16.0 Å². The van der Waals surface area contributed by atoms with Crippen molar-refractivity contribution in [1.29, 1.82) is 0 Å². The number of hydrogen-bond donors (Lipinski definition) is 1. The Hall–Kier alpha value is -1.51. The molecule has 0 bridgehead atoms. The van der Waals surface area contributed by atoms with Crippen LogP contribution in [0.1, 0.15) is 45.1 Å². The summed E-state index contributed by atoms with van der Waals surface area (Å²) in [5.74, 6) is -0.0918. The molecule has 0 radical (unpaired) electrons. The summed E-state index contributed by atoms with van der Waals surface area (Å²) in [5.41, 5.74) is 2.68. The lowest BCUT2D eigenvalue weighted by molar-refractivity contribution is -0.152. The van der Waals surface area contributed by atoms with Gasteiger partial charge >= 0.3 is 5.97 Å². The third kappa shape index (κ3) is 2.82. The van der Waals surface area contributed by atoms with E-state index in [0.29, 0.717) is 5.41 Å². The van der Waals surface area contributed by atoms with Gasteiger partial charge in [-0.1, -0.05) is 32.0 Å². The molecule has 20 heavy (non-hydrogen) atoms. The second-order valence-electron chi connectivity index (χ2n) is 6.86. The zero-order chi connectivity index (χ0) is 14.2. The maximum Gasteiger partial charge on any atom is 0.329 e. The molecule has 108 valence electrons. The van der Waals surface area contributed by atoms with Gasteiger partial charge in [-0.15, -0.1) is 0 Å². The third-order valence-corrected chi connectivity index (χ3v) is 4.62. The summed E-state index contributed by atoms with van der Waals surface area (Å²) in [7, 11) is 0. The van der Waals surface area contributed by atoms with Gasteiger partial charge in [0, 0.05) is 12.1 Å². The van der Waals surface area contributed by atoms with E-state index in [0.717, 1.165) is 37.8 Å². The van der Waals surface area contributed by atoms with Crippen molar-refractivity contribution >= 4 is 11.7 Å². The van der Waals surface area contributed by atoms with Crippen LogP contribution in [-0.4, -0.2) is 18.1 Å². The quantitative estimate of drug-likeness (QED) is 0.838. The molecule has 1 saturated carbocycles. The molecule has 1 aromatic carbocycles. The van der Waals surface area contributed by atoms with Gasteiger partial charge in [0.25, 0.3) is 0 Å². The number of fused-ring (bicyclic) bond motifs is 1. The fourth-order valence-corrected chi connectivity index (χ4v) is 3.18. The first-order valence-corrected chi connectivity index (χ1v) is 7.58. The zero-order valence-electron chi connectivity index (χ0n) is 12.3. The fourth-order valence-electron chi connectivity index (χ4n) is 3.18. The average Bonchev–Trinajstić information content (AvgIpc) is 2.85. The van der Waals surface area contributed by atoms with E-state index in [1.165, 1.54) is 5.56 Å². The summed E-state index contributed by atoms with van der Waals surface area (Å²) in [5, 5.41) is 3.27. The first kappa shape index (κ1) is 13.5. The lowest BCUT2D eigenvalue weighted by Gasteiger charge is -2.34. The van der Waals surface area contributed by atoms with Crippen molar-refractivity contribution in [2.75, 3.05) is 5.32 Å². The van der Waals surface area contributed by atoms with E-state index >= 15 is 0 Å². The summed E-state index contributed by atoms with van der Waals surface area (Å²) in [6.07, 6.45) is 5.14. The Morgan fingerprint density at radius 1 is 1.25 bits per heavy atom. The highest BCUT2D eigenvalue weighted by atomic mass is 16.5. The van der Waals surface area contributed by atoms with Gasteiger partial charge in [-0.05, 0) is 42.7 Å². The monoisotopic (exact) mass is 273 g/mol. The molecule has 1 aliphatic carbocycles. The van der Waals surface area contributed by atoms with Crippen LogP contribution in [0.3, 0.4) is 0 Å². The van der Waals surface area contributed by atoms with Crippen LogP contribution in [0.4, 0.5) is 5.69 Å². The Balaban J connectivity index is 1.54. The van der Waals surface area contributed by atoms with E-state index < -0.39 is 0 Å². The molecule has 1 aliphatic heterocycles. The maximum atomic E-state index is 12.3. The average molecular weight is 273 g/mol. The highest BCUT2D eigenvalue weighted by Gasteiger charge is 2.32. The van der Waals surface area contributed by atoms with Crippen molar-refractivity contribution in [1.82, 2.24) is 0 Å². The minimum Gasteiger partial charge on any atom is -0.461 e. The Labute approximate surface area is 120 Å². The summed E-state index contributed by atoms with van der Waals surface area (Å²) >= 11 is 0. The fraction of sp³-hybridized carbons (Fsp3) is 0.588. The Bertz CT molecular complexity index is 474. The van der Waals surface area contributed by atoms with Crippen LogP contribution in [0.5, 0.6) is 0 Å². The van der Waals surface area contributed by atoms with Crippen LogP contribution in [0.15, 0.2) is 24.3 Å². The molecule has 3 nitrogen and oxygen atoms in total. The minimum absolute atomic E-state index is 0.0918. The van der Waals surface area contributed by atoms with Crippen molar-refractivity contribution < 1.29 is 9.53 Å². The predicted octanol–water partition coefficient (Wildman–Crippen LogP) is 3.54. The van der Waals surface area contributed by atoms with E-state index in [1.807, 2.05) is 18.2 Å². The number of nitrogens with one attached hydrogen (secondary N) is 1. The number of anilines is 1. The van der Waals surface area contributed by atoms with E-state index in [4.69, 9.17) is 4.74 Å². The highest BCUT2D eigenvalue weighted by Crippen LogP contribution is 2.36. The molecule has 1 atom stereocenters. The molecule has 1 aromatic rings. The summed E-state index contributed by atoms with van der Waals surface area (Å²) in [6, 6.07) is 7.88. The lowest BCUT2D eigenvalue weighted by atomic mass is 9.76. The number of rotatable bonds is 2. The molecule has 0 amide bonds. The third-order valence-electron chi connectivity index (χ3n) is 4.62. The molecule has 0 unspecified atom stereocenters. The topological polar surface area (TPSA) is 38.3 Å². The van der Waals surface area contributed by atoms with Crippen molar-refractivity contribution in [3.63, 3.8) is 0 Å². The van der Waals surface area contributed by atoms with Gasteiger partial charge in [-0.2, -0.15) is 0 Å². The molecule has 1 N–H and O–H groups in total. The number of esters is 1. The molecule has 0 aromatic heterocycles. The Morgan fingerprint density at radius 2 is 1.95 bits per heavy atom. The first-order chi connectivity index (χ1) is 9.53. The predicted molar refractivity (Wildman–Crippen MR) is 79.7 cm³/mol. The smallest absolute Gasteiger partial charge is 0.329 e. The normalized spacial score (nSPS) is 24.8. The molecule has 1 heterocycles. The SMILES string of the molecule is CC1(C)CCC(OC(=O)[C@@H]2Cc3ccccc3N2)CC1. The second kappa shape index (κ2) is 5.12. The van der Waals surface area contributed by atoms with E-state index in [-0.39, 0.29) is 18.1 Å². The highest BCUT2D eigenvalue weighted by molar-refractivity contribution is 5.83. The molecule has 0 saturated heterocycles. The van der Waals surface area contributed by atoms with Crippen LogP contribution in [0.25, 0.3) is 0 Å². The van der Waals surface area contributed by atoms with Gasteiger partial charge in [0.2, 0.25) is 0 Å². The van der Waals surface area contributed by atoms with Gasteiger partial charge in [-0.3, -0.25) is 0 Å². The molecule has 3 rings (SSSR count). The van der Waals surface area contributed by atoms with Crippen molar-refractivity contribution in [3.8, 4) is 0 Å². The number of carbonyl (C=O) groups excluding carboxylic acids is 1. The summed E-state index contributed by atoms with van der Waals surface area (Å²) < 4.78 is 5.70. The molecule has 0 spiro atoms. The first-order valence-electron chi connectivity index (χ1n) is 7.58. The van der Waals surface area contributed by atoms with Crippen LogP contribution in [0.2, 0.25) is 0 Å². The van der Waals surface area contributed by atoms with E-state index in [1.54, 1.807) is 0 Å². The summed E-state index contributed by atoms with van der Waals surface area (Å²) in [4.78, 5) is 12.3. The second-order valence-corrected chi connectivity index (χ2v) is 6.86. The Morgan fingerprint density at radius 3 is 2.65 bits per heavy atom. The van der Waals surface area contributed by atoms with Crippen molar-refractivity contribution in [2.45, 2.75) is 58.1 Å². The van der Waals surface area contributed by atoms with Crippen LogP contribution in [0, 0.1) is 5.41 Å². The maximum absolute atomic E-state index is 12.3. The molecule has 3 heteroatoms. The van der Waals surface area contributed by atoms with Crippen LogP contribution < -0.4 is 5.32 Å². The zero-order valence-corrected chi connectivity index (χ0v) is 12.3. The van der Waals surface area contributed by atoms with E-state index in [2.05, 4.69) is 25.2 Å². The number of carbonyl (C=O) groups is 1. The molecule has 1 fully saturated rings. The number of hydrogen-bond acceptors (Lipinski definition) is 3. The lowest BCUT2D eigenvalue weighted by Crippen LogP contribution is -2.35. The number of para-hydroxylation sites is 1. The molecule has 2 aliphatic rings. The molecular formula is C17H23NO2. The van der Waals surface area contributed by atoms with Crippen molar-refractivity contribution in [3.05, 3.63) is 29.8 Å². The van der Waals surface area contributed by atoms with Gasteiger partial charge in [-0.25, -0.2) is 4.79 Å². The number of ether oxygens (including phenoxy) is 1. The summed E-state index contributed by atoms with van der Waals surface area (Å²) in [6.45, 7) is 4.58. The van der Waals surface area contributed by atoms with Gasteiger partial charge in [0.1, 0.15) is 12.1 Å². The molecular weight excluding hydrogens is 250 g/mol. The standard InChI is InChI=1S/C17H23NO2/c1-17(2)9-7-13(8-10-17)20-16(19)15-11-12-5-3-4-6-14(12)18-15/h3-6,13,15,18H,7-11H2,1-2H3/t15-/m0/s1. The van der Waals surface area contributed by atoms with Crippen LogP contribution >= 0.6 is 0 Å². The van der Waals surface area contributed by atoms with Crippen molar-refractivity contribution in [2.24, 2.45) is 5.41 Å². The number of benzene rings is 1. The minimum atomic E-state index is -0.206. The van der Waals surface area contributed by atoms with Gasteiger partial charge < -0.3 is 10.1 Å². The van der Waals surface area contributed by atoms with Gasteiger partial charge in [0.05, 0.1) is 0 Å².